The fourth-order valence-corrected chi connectivity index (χ4v) is 7.16. The summed E-state index contributed by atoms with van der Waals surface area (Å²) >= 11 is 0. The minimum Gasteiger partial charge on any atom is -0.261 e. The topological polar surface area (TPSA) is 12.9 Å². The van der Waals surface area contributed by atoms with Crippen molar-refractivity contribution in [2.75, 3.05) is 0 Å². The van der Waals surface area contributed by atoms with Crippen molar-refractivity contribution in [3.8, 4) is 0 Å². The summed E-state index contributed by atoms with van der Waals surface area (Å²) in [5, 5.41) is 1.65. The van der Waals surface area contributed by atoms with Crippen molar-refractivity contribution in [3.05, 3.63) is 59.9 Å². The van der Waals surface area contributed by atoms with Gasteiger partial charge in [-0.1, -0.05) is 74.4 Å². The Hall–Kier alpha value is -1.41. The van der Waals surface area contributed by atoms with E-state index >= 15 is 0 Å². The maximum atomic E-state index is 4.49. The summed E-state index contributed by atoms with van der Waals surface area (Å²) in [6.45, 7) is 7.12. The molecule has 0 radical (unpaired) electrons. The van der Waals surface area contributed by atoms with Crippen molar-refractivity contribution in [1.29, 1.82) is 0 Å². The number of hydrogen-bond acceptors (Lipinski definition) is 1. The quantitative estimate of drug-likeness (QED) is 0.717. The lowest BCUT2D eigenvalue weighted by Crippen LogP contribution is -2.47. The van der Waals surface area contributed by atoms with Crippen LogP contribution in [0.1, 0.15) is 32.0 Å². The molecule has 106 valence electrons. The first-order valence-corrected chi connectivity index (χ1v) is 10.4. The van der Waals surface area contributed by atoms with E-state index in [1.807, 2.05) is 12.3 Å². The van der Waals surface area contributed by atoms with Crippen LogP contribution < -0.4 is 5.19 Å². The number of benzene rings is 1. The zero-order valence-electron chi connectivity index (χ0n) is 12.9. The minimum absolute atomic E-state index is 0.964. The smallest absolute Gasteiger partial charge is 0.0862 e. The van der Waals surface area contributed by atoms with Gasteiger partial charge >= 0.3 is 0 Å². The Kier molecular flexibility index (Phi) is 5.13. The third kappa shape index (κ3) is 3.01. The molecular weight excluding hydrogens is 258 g/mol. The predicted octanol–water partition coefficient (Wildman–Crippen LogP) is 4.39. The molecule has 0 aliphatic rings. The Labute approximate surface area is 124 Å². The Morgan fingerprint density at radius 2 is 1.50 bits per heavy atom. The molecule has 0 amide bonds. The van der Waals surface area contributed by atoms with Crippen LogP contribution >= 0.6 is 0 Å². The Morgan fingerprint density at radius 1 is 0.850 bits per heavy atom. The molecule has 2 rings (SSSR count). The number of hydrogen-bond donors (Lipinski definition) is 0. The van der Waals surface area contributed by atoms with Crippen LogP contribution in [-0.4, -0.2) is 13.1 Å². The van der Waals surface area contributed by atoms with Crippen molar-refractivity contribution in [1.82, 2.24) is 4.98 Å². The van der Waals surface area contributed by atoms with E-state index < -0.39 is 8.07 Å². The van der Waals surface area contributed by atoms with Crippen molar-refractivity contribution < 1.29 is 0 Å². The van der Waals surface area contributed by atoms with E-state index in [9.17, 15) is 0 Å². The fourth-order valence-electron chi connectivity index (χ4n) is 3.21. The molecule has 0 aliphatic heterocycles. The van der Waals surface area contributed by atoms with Crippen LogP contribution in [0.25, 0.3) is 0 Å². The van der Waals surface area contributed by atoms with Gasteiger partial charge in [-0.25, -0.2) is 0 Å². The third-order valence-corrected chi connectivity index (χ3v) is 10.4. The molecule has 0 spiro atoms. The predicted molar refractivity (Wildman–Crippen MR) is 90.3 cm³/mol. The summed E-state index contributed by atoms with van der Waals surface area (Å²) in [7, 11) is -1.32. The first-order chi connectivity index (χ1) is 9.75. The lowest BCUT2D eigenvalue weighted by Gasteiger charge is -2.31. The molecule has 1 aromatic heterocycles. The molecule has 0 N–H and O–H groups in total. The summed E-state index contributed by atoms with van der Waals surface area (Å²) in [5.74, 6) is 0. The van der Waals surface area contributed by atoms with Gasteiger partial charge in [0.25, 0.3) is 0 Å². The van der Waals surface area contributed by atoms with Gasteiger partial charge in [0.2, 0.25) is 0 Å². The van der Waals surface area contributed by atoms with Gasteiger partial charge in [0.15, 0.2) is 0 Å². The van der Waals surface area contributed by atoms with E-state index in [0.717, 1.165) is 6.42 Å². The average molecular weight is 283 g/mol. The Balaban J connectivity index is 2.40. The molecule has 1 nitrogen and oxygen atoms in total. The van der Waals surface area contributed by atoms with Crippen LogP contribution in [0.3, 0.4) is 0 Å². The van der Waals surface area contributed by atoms with Crippen molar-refractivity contribution in [3.63, 3.8) is 0 Å². The molecule has 1 aromatic carbocycles. The van der Waals surface area contributed by atoms with E-state index in [0.29, 0.717) is 0 Å². The number of rotatable bonds is 6. The highest BCUT2D eigenvalue weighted by atomic mass is 28.3. The van der Waals surface area contributed by atoms with Crippen LogP contribution in [0.4, 0.5) is 0 Å². The van der Waals surface area contributed by atoms with Gasteiger partial charge in [0.05, 0.1) is 8.07 Å². The van der Waals surface area contributed by atoms with Gasteiger partial charge in [-0.15, -0.1) is 0 Å². The van der Waals surface area contributed by atoms with E-state index in [2.05, 4.69) is 62.2 Å². The highest BCUT2D eigenvalue weighted by Crippen LogP contribution is 2.22. The second-order valence-corrected chi connectivity index (χ2v) is 10.7. The van der Waals surface area contributed by atoms with Gasteiger partial charge in [-0.05, 0) is 17.7 Å². The summed E-state index contributed by atoms with van der Waals surface area (Å²) in [4.78, 5) is 4.49. The van der Waals surface area contributed by atoms with E-state index in [1.165, 1.54) is 29.4 Å². The molecule has 0 atom stereocenters. The van der Waals surface area contributed by atoms with Crippen LogP contribution in [0.5, 0.6) is 0 Å². The average Bonchev–Trinajstić information content (AvgIpc) is 2.52. The monoisotopic (exact) mass is 283 g/mol. The first kappa shape index (κ1) is 15.0. The highest BCUT2D eigenvalue weighted by molar-refractivity contribution is 6.92. The Morgan fingerprint density at radius 3 is 2.10 bits per heavy atom. The molecule has 0 saturated carbocycles. The SMILES string of the molecule is CC[Si](CC)(CC)c1ccccc1Cc1ccccn1. The maximum absolute atomic E-state index is 4.49. The van der Waals surface area contributed by atoms with E-state index in [1.54, 1.807) is 5.19 Å². The first-order valence-electron chi connectivity index (χ1n) is 7.74. The second kappa shape index (κ2) is 6.85. The molecule has 0 bridgehead atoms. The van der Waals surface area contributed by atoms with E-state index in [-0.39, 0.29) is 0 Å². The van der Waals surface area contributed by atoms with E-state index in [4.69, 9.17) is 0 Å². The molecule has 0 fully saturated rings. The van der Waals surface area contributed by atoms with Gasteiger partial charge in [0, 0.05) is 18.3 Å². The summed E-state index contributed by atoms with van der Waals surface area (Å²) in [6, 6.07) is 19.2. The summed E-state index contributed by atoms with van der Waals surface area (Å²) < 4.78 is 0. The van der Waals surface area contributed by atoms with Gasteiger partial charge in [-0.3, -0.25) is 4.98 Å². The number of nitrogens with zero attached hydrogens (tertiary/aromatic N) is 1. The number of aromatic nitrogens is 1. The maximum Gasteiger partial charge on any atom is 0.0862 e. The lowest BCUT2D eigenvalue weighted by molar-refractivity contribution is 1.07. The zero-order chi connectivity index (χ0) is 14.4. The van der Waals surface area contributed by atoms with Crippen LogP contribution in [-0.2, 0) is 6.42 Å². The summed E-state index contributed by atoms with van der Waals surface area (Å²) in [5.41, 5.74) is 2.66. The van der Waals surface area contributed by atoms with Crippen LogP contribution in [0, 0.1) is 0 Å². The van der Waals surface area contributed by atoms with Crippen molar-refractivity contribution >= 4 is 13.3 Å². The minimum atomic E-state index is -1.32. The van der Waals surface area contributed by atoms with Crippen molar-refractivity contribution in [2.24, 2.45) is 0 Å². The van der Waals surface area contributed by atoms with Crippen LogP contribution in [0.2, 0.25) is 18.1 Å². The standard InChI is InChI=1S/C18H25NSi/c1-4-20(5-2,6-3)18-13-8-7-11-16(18)15-17-12-9-10-14-19-17/h7-14H,4-6,15H2,1-3H3. The second-order valence-electron chi connectivity index (χ2n) is 5.50. The summed E-state index contributed by atoms with van der Waals surface area (Å²) in [6.07, 6.45) is 2.86. The van der Waals surface area contributed by atoms with Gasteiger partial charge in [-0.2, -0.15) is 0 Å². The van der Waals surface area contributed by atoms with Crippen molar-refractivity contribution in [2.45, 2.75) is 45.3 Å². The highest BCUT2D eigenvalue weighted by Gasteiger charge is 2.30. The third-order valence-electron chi connectivity index (χ3n) is 4.72. The lowest BCUT2D eigenvalue weighted by atomic mass is 10.1. The molecule has 0 aliphatic carbocycles. The molecular formula is C18H25NSi. The molecule has 2 aromatic rings. The molecule has 20 heavy (non-hydrogen) atoms. The largest absolute Gasteiger partial charge is 0.261 e. The fraction of sp³-hybridized carbons (Fsp3) is 0.389. The number of pyridine rings is 1. The van der Waals surface area contributed by atoms with Gasteiger partial charge < -0.3 is 0 Å². The Bertz CT molecular complexity index is 524. The van der Waals surface area contributed by atoms with Crippen LogP contribution in [0.15, 0.2) is 48.7 Å². The molecule has 0 unspecified atom stereocenters. The van der Waals surface area contributed by atoms with Gasteiger partial charge in [0.1, 0.15) is 0 Å². The molecule has 0 saturated heterocycles. The normalized spacial score (nSPS) is 11.6. The molecule has 2 heteroatoms. The molecule has 1 heterocycles. The zero-order valence-corrected chi connectivity index (χ0v) is 13.9.